The normalized spacial score (nSPS) is 23.6. The third-order valence-corrected chi connectivity index (χ3v) is 3.02. The molecule has 2 heteroatoms. The summed E-state index contributed by atoms with van der Waals surface area (Å²) in [6.07, 6.45) is 2.18. The molecule has 0 aromatic carbocycles. The van der Waals surface area contributed by atoms with E-state index in [2.05, 4.69) is 25.7 Å². The van der Waals surface area contributed by atoms with Gasteiger partial charge in [0.1, 0.15) is 0 Å². The number of β-amino-alcohol motifs (C(OH)–C–C–N with tert-alkyl or cyclic N) is 1. The molecule has 1 fully saturated rings. The fourth-order valence-corrected chi connectivity index (χ4v) is 2.49. The molecule has 2 nitrogen and oxygen atoms in total. The fourth-order valence-electron chi connectivity index (χ4n) is 2.49. The molecular weight excluding hydrogens is 174 g/mol. The van der Waals surface area contributed by atoms with Crippen molar-refractivity contribution in [1.29, 1.82) is 0 Å². The fraction of sp³-hybridized carbons (Fsp3) is 1.00. The van der Waals surface area contributed by atoms with Gasteiger partial charge in [0.2, 0.25) is 0 Å². The molecule has 14 heavy (non-hydrogen) atoms. The van der Waals surface area contributed by atoms with E-state index in [1.807, 2.05) is 6.92 Å². The highest BCUT2D eigenvalue weighted by atomic mass is 16.3. The van der Waals surface area contributed by atoms with Crippen molar-refractivity contribution in [3.63, 3.8) is 0 Å². The van der Waals surface area contributed by atoms with Gasteiger partial charge in [-0.15, -0.1) is 0 Å². The zero-order valence-corrected chi connectivity index (χ0v) is 10.1. The molecular formula is C12H25NO. The second kappa shape index (κ2) is 4.63. The Morgan fingerprint density at radius 1 is 1.43 bits per heavy atom. The number of likely N-dealkylation sites (tertiary alicyclic amines) is 1. The summed E-state index contributed by atoms with van der Waals surface area (Å²) >= 11 is 0. The average molecular weight is 199 g/mol. The van der Waals surface area contributed by atoms with Crippen molar-refractivity contribution in [2.24, 2.45) is 11.8 Å². The smallest absolute Gasteiger partial charge is 0.0748 e. The molecule has 0 aliphatic carbocycles. The van der Waals surface area contributed by atoms with Crippen LogP contribution < -0.4 is 0 Å². The largest absolute Gasteiger partial charge is 0.389 e. The highest BCUT2D eigenvalue weighted by molar-refractivity contribution is 4.86. The van der Waals surface area contributed by atoms with Gasteiger partial charge in [0.05, 0.1) is 5.60 Å². The van der Waals surface area contributed by atoms with Crippen molar-refractivity contribution in [2.45, 2.75) is 46.1 Å². The molecule has 1 rings (SSSR count). The average Bonchev–Trinajstić information content (AvgIpc) is 1.93. The summed E-state index contributed by atoms with van der Waals surface area (Å²) in [5.74, 6) is 1.46. The van der Waals surface area contributed by atoms with E-state index in [0.29, 0.717) is 5.92 Å². The standard InChI is InChI=1S/C12H25NO/c1-5-11-7-13(8-11)9-12(4,14)6-10(2)3/h10-11,14H,5-9H2,1-4H3. The van der Waals surface area contributed by atoms with Gasteiger partial charge < -0.3 is 5.11 Å². The Kier molecular flexibility index (Phi) is 3.96. The van der Waals surface area contributed by atoms with E-state index in [9.17, 15) is 5.11 Å². The molecule has 0 radical (unpaired) electrons. The van der Waals surface area contributed by atoms with Crippen molar-refractivity contribution < 1.29 is 5.11 Å². The van der Waals surface area contributed by atoms with Gasteiger partial charge in [0.15, 0.2) is 0 Å². The number of aliphatic hydroxyl groups is 1. The highest BCUT2D eigenvalue weighted by Crippen LogP contribution is 2.24. The molecule has 0 saturated carbocycles. The molecule has 1 N–H and O–H groups in total. The lowest BCUT2D eigenvalue weighted by Gasteiger charge is -2.43. The van der Waals surface area contributed by atoms with Crippen LogP contribution in [0.25, 0.3) is 0 Å². The minimum absolute atomic E-state index is 0.493. The van der Waals surface area contributed by atoms with E-state index >= 15 is 0 Å². The van der Waals surface area contributed by atoms with Gasteiger partial charge in [-0.3, -0.25) is 4.90 Å². The van der Waals surface area contributed by atoms with Crippen molar-refractivity contribution in [2.75, 3.05) is 19.6 Å². The molecule has 0 amide bonds. The summed E-state index contributed by atoms with van der Waals surface area (Å²) in [7, 11) is 0. The Hall–Kier alpha value is -0.0800. The molecule has 0 aromatic rings. The molecule has 1 saturated heterocycles. The topological polar surface area (TPSA) is 23.5 Å². The molecule has 0 bridgehead atoms. The number of nitrogens with zero attached hydrogens (tertiary/aromatic N) is 1. The number of hydrogen-bond acceptors (Lipinski definition) is 2. The highest BCUT2D eigenvalue weighted by Gasteiger charge is 2.31. The van der Waals surface area contributed by atoms with Crippen LogP contribution in [0, 0.1) is 11.8 Å². The van der Waals surface area contributed by atoms with Crippen LogP contribution in [0.3, 0.4) is 0 Å². The first-order chi connectivity index (χ1) is 6.43. The second-order valence-electron chi connectivity index (χ2n) is 5.56. The third kappa shape index (κ3) is 3.58. The molecule has 1 aliphatic rings. The van der Waals surface area contributed by atoms with Crippen molar-refractivity contribution >= 4 is 0 Å². The quantitative estimate of drug-likeness (QED) is 0.733. The maximum Gasteiger partial charge on any atom is 0.0748 e. The van der Waals surface area contributed by atoms with Gasteiger partial charge in [-0.2, -0.15) is 0 Å². The number of rotatable bonds is 5. The molecule has 1 unspecified atom stereocenters. The van der Waals surface area contributed by atoms with Crippen LogP contribution in [-0.4, -0.2) is 35.2 Å². The minimum Gasteiger partial charge on any atom is -0.389 e. The summed E-state index contributed by atoms with van der Waals surface area (Å²) < 4.78 is 0. The van der Waals surface area contributed by atoms with E-state index < -0.39 is 5.60 Å². The number of hydrogen-bond donors (Lipinski definition) is 1. The van der Waals surface area contributed by atoms with Gasteiger partial charge in [0, 0.05) is 19.6 Å². The van der Waals surface area contributed by atoms with Crippen molar-refractivity contribution in [1.82, 2.24) is 4.90 Å². The van der Waals surface area contributed by atoms with Gasteiger partial charge in [-0.25, -0.2) is 0 Å². The molecule has 1 heterocycles. The van der Waals surface area contributed by atoms with E-state index in [1.54, 1.807) is 0 Å². The van der Waals surface area contributed by atoms with E-state index in [1.165, 1.54) is 19.5 Å². The maximum absolute atomic E-state index is 10.1. The molecule has 1 atom stereocenters. The van der Waals surface area contributed by atoms with Crippen LogP contribution in [0.4, 0.5) is 0 Å². The van der Waals surface area contributed by atoms with Crippen LogP contribution in [0.15, 0.2) is 0 Å². The van der Waals surface area contributed by atoms with Crippen LogP contribution in [0.5, 0.6) is 0 Å². The second-order valence-corrected chi connectivity index (χ2v) is 5.56. The minimum atomic E-state index is -0.493. The van der Waals surface area contributed by atoms with Gasteiger partial charge in [-0.1, -0.05) is 27.2 Å². The summed E-state index contributed by atoms with van der Waals surface area (Å²) in [5, 5.41) is 10.1. The van der Waals surface area contributed by atoms with E-state index in [4.69, 9.17) is 0 Å². The predicted molar refractivity (Wildman–Crippen MR) is 60.3 cm³/mol. The maximum atomic E-state index is 10.1. The molecule has 0 aromatic heterocycles. The molecule has 0 spiro atoms. The van der Waals surface area contributed by atoms with Crippen molar-refractivity contribution in [3.05, 3.63) is 0 Å². The van der Waals surface area contributed by atoms with Crippen LogP contribution in [0.2, 0.25) is 0 Å². The van der Waals surface area contributed by atoms with E-state index in [0.717, 1.165) is 18.9 Å². The first-order valence-electron chi connectivity index (χ1n) is 5.87. The molecule has 1 aliphatic heterocycles. The first kappa shape index (κ1) is 12.0. The van der Waals surface area contributed by atoms with Gasteiger partial charge >= 0.3 is 0 Å². The van der Waals surface area contributed by atoms with Crippen LogP contribution in [0.1, 0.15) is 40.5 Å². The summed E-state index contributed by atoms with van der Waals surface area (Å²) in [6.45, 7) is 11.8. The summed E-state index contributed by atoms with van der Waals surface area (Å²) in [4.78, 5) is 2.37. The van der Waals surface area contributed by atoms with Gasteiger partial charge in [-0.05, 0) is 25.2 Å². The lowest BCUT2D eigenvalue weighted by atomic mass is 9.90. The Morgan fingerprint density at radius 2 is 2.00 bits per heavy atom. The van der Waals surface area contributed by atoms with Crippen LogP contribution in [-0.2, 0) is 0 Å². The van der Waals surface area contributed by atoms with Crippen molar-refractivity contribution in [3.8, 4) is 0 Å². The summed E-state index contributed by atoms with van der Waals surface area (Å²) in [6, 6.07) is 0. The first-order valence-corrected chi connectivity index (χ1v) is 5.87. The zero-order valence-electron chi connectivity index (χ0n) is 10.1. The van der Waals surface area contributed by atoms with Crippen LogP contribution >= 0.6 is 0 Å². The van der Waals surface area contributed by atoms with E-state index in [-0.39, 0.29) is 0 Å². The third-order valence-electron chi connectivity index (χ3n) is 3.02. The Labute approximate surface area is 88.3 Å². The summed E-state index contributed by atoms with van der Waals surface area (Å²) in [5.41, 5.74) is -0.493. The monoisotopic (exact) mass is 199 g/mol. The lowest BCUT2D eigenvalue weighted by molar-refractivity contribution is -0.0315. The molecule has 84 valence electrons. The lowest BCUT2D eigenvalue weighted by Crippen LogP contribution is -2.52. The Bertz CT molecular complexity index is 171. The predicted octanol–water partition coefficient (Wildman–Crippen LogP) is 2.13. The zero-order chi connectivity index (χ0) is 10.8. The SMILES string of the molecule is CCC1CN(CC(C)(O)CC(C)C)C1. The Balaban J connectivity index is 2.23. The van der Waals surface area contributed by atoms with Gasteiger partial charge in [0.25, 0.3) is 0 Å². The Morgan fingerprint density at radius 3 is 2.43 bits per heavy atom.